The summed E-state index contributed by atoms with van der Waals surface area (Å²) in [6.07, 6.45) is 5.65. The van der Waals surface area contributed by atoms with E-state index in [1.807, 2.05) is 37.7 Å². The molecule has 1 N–H and O–H groups in total. The van der Waals surface area contributed by atoms with Crippen LogP contribution in [-0.4, -0.2) is 35.4 Å². The van der Waals surface area contributed by atoms with E-state index in [1.165, 1.54) is 64.2 Å². The van der Waals surface area contributed by atoms with Crippen molar-refractivity contribution in [3.63, 3.8) is 0 Å². The van der Waals surface area contributed by atoms with E-state index in [0.717, 1.165) is 18.0 Å². The van der Waals surface area contributed by atoms with Gasteiger partial charge in [-0.2, -0.15) is 0 Å². The second kappa shape index (κ2) is 14.1. The van der Waals surface area contributed by atoms with Gasteiger partial charge < -0.3 is 10.0 Å². The van der Waals surface area contributed by atoms with E-state index in [2.05, 4.69) is 30.2 Å². The van der Waals surface area contributed by atoms with Crippen LogP contribution in [0.5, 0.6) is 0 Å². The Kier molecular flexibility index (Phi) is 11.8. The number of carboxylic acid groups (broad SMARTS) is 1. The smallest absolute Gasteiger partial charge is 0.313 e. The van der Waals surface area contributed by atoms with Crippen molar-refractivity contribution in [3.8, 4) is 0 Å². The Morgan fingerprint density at radius 3 is 2.59 bits per heavy atom. The Bertz CT molecular complexity index is 861. The summed E-state index contributed by atoms with van der Waals surface area (Å²) in [5.74, 6) is 1.42. The van der Waals surface area contributed by atoms with Crippen LogP contribution in [0.2, 0.25) is 0 Å². The molecule has 0 amide bonds. The van der Waals surface area contributed by atoms with Crippen molar-refractivity contribution >= 4 is 52.6 Å². The molecule has 0 bridgehead atoms. The van der Waals surface area contributed by atoms with Gasteiger partial charge in [0.05, 0.1) is 11.4 Å². The molecular weight excluding hydrogens is 461 g/mol. The number of unbranched alkanes of at least 4 members (excludes halogenated alkanes) is 1. The van der Waals surface area contributed by atoms with Crippen LogP contribution in [0.15, 0.2) is 46.2 Å². The lowest BCUT2D eigenvalue weighted by Gasteiger charge is -2.28. The highest BCUT2D eigenvalue weighted by Crippen LogP contribution is 2.44. The number of anilines is 2. The first-order chi connectivity index (χ1) is 15.5. The lowest BCUT2D eigenvalue weighted by atomic mass is 10.0. The van der Waals surface area contributed by atoms with Gasteiger partial charge in [-0.1, -0.05) is 33.6 Å². The Balaban J connectivity index is 0.00000176. The largest absolute Gasteiger partial charge is 0.481 e. The topological polar surface area (TPSA) is 40.5 Å². The molecule has 0 fully saturated rings. The molecule has 1 unspecified atom stereocenters. The third kappa shape index (κ3) is 7.63. The van der Waals surface area contributed by atoms with Crippen molar-refractivity contribution in [2.24, 2.45) is 5.92 Å². The first-order valence-corrected chi connectivity index (χ1v) is 14.5. The predicted octanol–water partition coefficient (Wildman–Crippen LogP) is 7.94. The van der Waals surface area contributed by atoms with Gasteiger partial charge in [0.1, 0.15) is 5.82 Å². The molecule has 1 atom stereocenters. The zero-order valence-electron chi connectivity index (χ0n) is 19.4. The normalized spacial score (nSPS) is 15.4. The summed E-state index contributed by atoms with van der Waals surface area (Å²) < 4.78 is 13.5. The maximum Gasteiger partial charge on any atom is 0.313 e. The van der Waals surface area contributed by atoms with Crippen LogP contribution in [0.3, 0.4) is 0 Å². The molecule has 0 saturated carbocycles. The summed E-state index contributed by atoms with van der Waals surface area (Å²) in [7, 11) is 0. The molecule has 1 heterocycles. The van der Waals surface area contributed by atoms with Crippen molar-refractivity contribution in [1.29, 1.82) is 0 Å². The molecule has 1 aliphatic rings. The quantitative estimate of drug-likeness (QED) is 0.356. The summed E-state index contributed by atoms with van der Waals surface area (Å²) in [5, 5.41) is 8.96. The standard InChI is InChI=1S/C23H28FNO2S3.C2H6/c1-3-4-5-16-12-25(19-8-6-18(24)7-9-19)20-11-21(28-2)17(10-22(20)30-13-16)14-29-15-23(26)27;1-2/h6-11,16H,3-5,12-15H2,1-2H3,(H,26,27);1-2H3. The SMILES string of the molecule is CC.CCCCC1CSc2cc(CSCC(=O)O)c(SC)cc2N(c2ccc(F)cc2)C1. The number of rotatable bonds is 9. The molecule has 0 saturated heterocycles. The summed E-state index contributed by atoms with van der Waals surface area (Å²) in [6.45, 7) is 7.15. The molecule has 7 heteroatoms. The molecule has 2 aromatic carbocycles. The molecule has 2 aromatic rings. The fourth-order valence-corrected chi connectivity index (χ4v) is 6.30. The van der Waals surface area contributed by atoms with Gasteiger partial charge >= 0.3 is 5.97 Å². The maximum atomic E-state index is 13.5. The van der Waals surface area contributed by atoms with Gasteiger partial charge in [0.15, 0.2) is 0 Å². The number of thioether (sulfide) groups is 3. The third-order valence-corrected chi connectivity index (χ3v) is 8.22. The number of carbonyl (C=O) groups is 1. The first-order valence-electron chi connectivity index (χ1n) is 11.2. The number of hydrogen-bond donors (Lipinski definition) is 1. The molecule has 1 aliphatic heterocycles. The zero-order chi connectivity index (χ0) is 23.5. The van der Waals surface area contributed by atoms with Crippen LogP contribution >= 0.6 is 35.3 Å². The van der Waals surface area contributed by atoms with Crippen LogP contribution in [0.1, 0.15) is 45.6 Å². The lowest BCUT2D eigenvalue weighted by Crippen LogP contribution is -2.25. The second-order valence-corrected chi connectivity index (χ2v) is 10.3. The number of hydrogen-bond acceptors (Lipinski definition) is 5. The Morgan fingerprint density at radius 1 is 1.25 bits per heavy atom. The number of carboxylic acids is 1. The van der Waals surface area contributed by atoms with Crippen LogP contribution < -0.4 is 4.90 Å². The van der Waals surface area contributed by atoms with Crippen LogP contribution in [-0.2, 0) is 10.5 Å². The molecule has 0 aromatic heterocycles. The van der Waals surface area contributed by atoms with Crippen LogP contribution in [0.25, 0.3) is 0 Å². The van der Waals surface area contributed by atoms with Gasteiger partial charge in [0.2, 0.25) is 0 Å². The van der Waals surface area contributed by atoms with E-state index in [9.17, 15) is 9.18 Å². The highest BCUT2D eigenvalue weighted by atomic mass is 32.2. The van der Waals surface area contributed by atoms with Gasteiger partial charge in [-0.3, -0.25) is 4.79 Å². The molecular formula is C25H34FNO2S3. The molecule has 3 nitrogen and oxygen atoms in total. The van der Waals surface area contributed by atoms with Crippen molar-refractivity contribution in [3.05, 3.63) is 47.8 Å². The molecule has 176 valence electrons. The maximum absolute atomic E-state index is 13.5. The number of benzene rings is 2. The highest BCUT2D eigenvalue weighted by molar-refractivity contribution is 8.00. The lowest BCUT2D eigenvalue weighted by molar-refractivity contribution is -0.133. The zero-order valence-corrected chi connectivity index (χ0v) is 21.8. The van der Waals surface area contributed by atoms with Crippen molar-refractivity contribution < 1.29 is 14.3 Å². The minimum absolute atomic E-state index is 0.110. The van der Waals surface area contributed by atoms with Crippen molar-refractivity contribution in [2.45, 2.75) is 55.6 Å². The van der Waals surface area contributed by atoms with E-state index < -0.39 is 5.97 Å². The first kappa shape index (κ1) is 26.9. The van der Waals surface area contributed by atoms with Gasteiger partial charge in [0, 0.05) is 33.5 Å². The molecule has 32 heavy (non-hydrogen) atoms. The monoisotopic (exact) mass is 495 g/mol. The van der Waals surface area contributed by atoms with Crippen molar-refractivity contribution in [2.75, 3.05) is 29.2 Å². The fourth-order valence-electron chi connectivity index (χ4n) is 3.62. The number of fused-ring (bicyclic) bond motifs is 1. The second-order valence-electron chi connectivity index (χ2n) is 7.42. The van der Waals surface area contributed by atoms with E-state index in [0.29, 0.717) is 11.7 Å². The van der Waals surface area contributed by atoms with Crippen LogP contribution in [0, 0.1) is 11.7 Å². The summed E-state index contributed by atoms with van der Waals surface area (Å²) in [6, 6.07) is 11.2. The molecule has 0 aliphatic carbocycles. The number of nitrogens with zero attached hydrogens (tertiary/aromatic N) is 1. The average Bonchev–Trinajstić information content (AvgIpc) is 2.98. The molecule has 3 rings (SSSR count). The van der Waals surface area contributed by atoms with Gasteiger partial charge in [0.25, 0.3) is 0 Å². The van der Waals surface area contributed by atoms with Gasteiger partial charge in [-0.25, -0.2) is 4.39 Å². The fraction of sp³-hybridized carbons (Fsp3) is 0.480. The van der Waals surface area contributed by atoms with Crippen LogP contribution in [0.4, 0.5) is 15.8 Å². The summed E-state index contributed by atoms with van der Waals surface area (Å²) >= 11 is 5.02. The summed E-state index contributed by atoms with van der Waals surface area (Å²) in [4.78, 5) is 15.6. The minimum atomic E-state index is -0.781. The average molecular weight is 496 g/mol. The minimum Gasteiger partial charge on any atom is -0.481 e. The van der Waals surface area contributed by atoms with E-state index in [4.69, 9.17) is 5.11 Å². The Morgan fingerprint density at radius 2 is 1.97 bits per heavy atom. The molecule has 0 spiro atoms. The number of halogens is 1. The predicted molar refractivity (Wildman–Crippen MR) is 141 cm³/mol. The summed E-state index contributed by atoms with van der Waals surface area (Å²) in [5.41, 5.74) is 3.37. The third-order valence-electron chi connectivity index (χ3n) is 5.16. The highest BCUT2D eigenvalue weighted by Gasteiger charge is 2.25. The Hall–Kier alpha value is -1.31. The van der Waals surface area contributed by atoms with E-state index >= 15 is 0 Å². The van der Waals surface area contributed by atoms with Gasteiger partial charge in [-0.15, -0.1) is 35.3 Å². The van der Waals surface area contributed by atoms with E-state index in [-0.39, 0.29) is 11.6 Å². The molecule has 0 radical (unpaired) electrons. The van der Waals surface area contributed by atoms with Crippen molar-refractivity contribution in [1.82, 2.24) is 0 Å². The number of aliphatic carboxylic acids is 1. The Labute approximate surface area is 204 Å². The van der Waals surface area contributed by atoms with Gasteiger partial charge in [-0.05, 0) is 60.6 Å². The van der Waals surface area contributed by atoms with E-state index in [1.54, 1.807) is 11.8 Å².